The molecule has 4 rings (SSSR count). The van der Waals surface area contributed by atoms with Crippen molar-refractivity contribution in [3.63, 3.8) is 0 Å². The minimum atomic E-state index is -3.67. The van der Waals surface area contributed by atoms with Gasteiger partial charge in [0.1, 0.15) is 0 Å². The summed E-state index contributed by atoms with van der Waals surface area (Å²) in [4.78, 5) is 14.8. The monoisotopic (exact) mass is 420 g/mol. The zero-order valence-electron chi connectivity index (χ0n) is 16.8. The fourth-order valence-corrected chi connectivity index (χ4v) is 4.73. The Morgan fingerprint density at radius 2 is 1.70 bits per heavy atom. The van der Waals surface area contributed by atoms with E-state index in [1.807, 2.05) is 61.5 Å². The molecule has 0 aliphatic carbocycles. The van der Waals surface area contributed by atoms with E-state index < -0.39 is 10.0 Å². The number of hydrogen-bond donors (Lipinski definition) is 1. The summed E-state index contributed by atoms with van der Waals surface area (Å²) < 4.78 is 28.2. The number of sulfonamides is 1. The van der Waals surface area contributed by atoms with E-state index in [4.69, 9.17) is 0 Å². The van der Waals surface area contributed by atoms with Crippen molar-refractivity contribution in [2.24, 2.45) is 0 Å². The van der Waals surface area contributed by atoms with Crippen molar-refractivity contribution in [3.8, 4) is 0 Å². The third-order valence-electron chi connectivity index (χ3n) is 5.42. The number of hydrogen-bond acceptors (Lipinski definition) is 3. The number of amides is 1. The molecule has 1 amide bonds. The molecule has 1 aliphatic rings. The van der Waals surface area contributed by atoms with Crippen LogP contribution in [0.5, 0.6) is 0 Å². The second kappa shape index (κ2) is 8.32. The van der Waals surface area contributed by atoms with Gasteiger partial charge < -0.3 is 4.90 Å². The molecule has 0 radical (unpaired) electrons. The van der Waals surface area contributed by atoms with Crippen molar-refractivity contribution in [3.05, 3.63) is 95.1 Å². The molecule has 5 nitrogen and oxygen atoms in total. The van der Waals surface area contributed by atoms with Gasteiger partial charge in [0, 0.05) is 24.3 Å². The molecule has 6 heteroatoms. The summed E-state index contributed by atoms with van der Waals surface area (Å²) >= 11 is 0. The maximum absolute atomic E-state index is 12.8. The third-order valence-corrected chi connectivity index (χ3v) is 6.82. The molecule has 0 bridgehead atoms. The van der Waals surface area contributed by atoms with Crippen LogP contribution in [0.15, 0.2) is 77.7 Å². The number of carbonyl (C=O) groups excluding carboxylic acids is 1. The van der Waals surface area contributed by atoms with E-state index in [0.717, 1.165) is 29.5 Å². The maximum Gasteiger partial charge on any atom is 0.261 e. The zero-order chi connectivity index (χ0) is 21.1. The minimum Gasteiger partial charge on any atom is -0.334 e. The smallest absolute Gasteiger partial charge is 0.261 e. The number of nitrogens with one attached hydrogen (secondary N) is 1. The molecule has 1 aliphatic heterocycles. The first kappa shape index (κ1) is 20.2. The lowest BCUT2D eigenvalue weighted by molar-refractivity contribution is 0.0734. The number of aryl methyl sites for hydroxylation is 1. The van der Waals surface area contributed by atoms with Gasteiger partial charge in [-0.05, 0) is 65.9 Å². The van der Waals surface area contributed by atoms with Gasteiger partial charge in [0.05, 0.1) is 4.90 Å². The molecule has 0 saturated carbocycles. The lowest BCUT2D eigenvalue weighted by Crippen LogP contribution is -2.36. The van der Waals surface area contributed by atoms with Crippen LogP contribution >= 0.6 is 0 Å². The molecular formula is C24H24N2O3S. The Balaban J connectivity index is 1.53. The molecule has 0 spiro atoms. The highest BCUT2D eigenvalue weighted by Gasteiger charge is 2.22. The number of nitrogens with zero attached hydrogens (tertiary/aromatic N) is 1. The number of fused-ring (bicyclic) bond motifs is 1. The summed E-state index contributed by atoms with van der Waals surface area (Å²) in [5, 5.41) is 0. The molecule has 30 heavy (non-hydrogen) atoms. The first-order valence-corrected chi connectivity index (χ1v) is 11.5. The summed E-state index contributed by atoms with van der Waals surface area (Å²) in [6.07, 6.45) is 1.61. The molecule has 0 aromatic heterocycles. The number of carbonyl (C=O) groups is 1. The van der Waals surface area contributed by atoms with E-state index in [-0.39, 0.29) is 10.8 Å². The normalized spacial score (nSPS) is 13.6. The molecule has 0 saturated heterocycles. The topological polar surface area (TPSA) is 66.5 Å². The predicted octanol–water partition coefficient (Wildman–Crippen LogP) is 4.25. The molecule has 1 N–H and O–H groups in total. The van der Waals surface area contributed by atoms with Crippen molar-refractivity contribution >= 4 is 21.6 Å². The summed E-state index contributed by atoms with van der Waals surface area (Å²) in [5.74, 6) is -0.0109. The van der Waals surface area contributed by atoms with Crippen LogP contribution < -0.4 is 4.72 Å². The van der Waals surface area contributed by atoms with Crippen LogP contribution in [-0.4, -0.2) is 25.8 Å². The lowest BCUT2D eigenvalue weighted by atomic mass is 9.98. The van der Waals surface area contributed by atoms with Crippen LogP contribution in [0.1, 0.15) is 34.0 Å². The average Bonchev–Trinajstić information content (AvgIpc) is 2.78. The number of rotatable bonds is 5. The average molecular weight is 421 g/mol. The van der Waals surface area contributed by atoms with Crippen LogP contribution in [0.25, 0.3) is 0 Å². The van der Waals surface area contributed by atoms with Gasteiger partial charge in [-0.1, -0.05) is 43.3 Å². The van der Waals surface area contributed by atoms with Gasteiger partial charge in [-0.25, -0.2) is 8.42 Å². The molecule has 154 valence electrons. The fraction of sp³-hybridized carbons (Fsp3) is 0.208. The SMILES string of the molecule is CCc1ccc(S(=O)(=O)Nc2ccc3c(c2)CN(C(=O)c2ccccc2)CC3)cc1. The molecule has 3 aromatic carbocycles. The standard InChI is InChI=1S/C24H24N2O3S/c1-2-18-8-12-23(13-9-18)30(28,29)25-22-11-10-19-14-15-26(17-21(19)16-22)24(27)20-6-4-3-5-7-20/h3-13,16,25H,2,14-15,17H2,1H3. The predicted molar refractivity (Wildman–Crippen MR) is 118 cm³/mol. The maximum atomic E-state index is 12.8. The van der Waals surface area contributed by atoms with Crippen molar-refractivity contribution in [2.75, 3.05) is 11.3 Å². The van der Waals surface area contributed by atoms with Gasteiger partial charge in [0.15, 0.2) is 0 Å². The Morgan fingerprint density at radius 3 is 2.40 bits per heavy atom. The second-order valence-corrected chi connectivity index (χ2v) is 9.11. The minimum absolute atomic E-state index is 0.0109. The van der Waals surface area contributed by atoms with E-state index in [1.54, 1.807) is 23.1 Å². The van der Waals surface area contributed by atoms with Crippen LogP contribution in [0.4, 0.5) is 5.69 Å². The first-order chi connectivity index (χ1) is 14.5. The van der Waals surface area contributed by atoms with Crippen molar-refractivity contribution in [2.45, 2.75) is 31.2 Å². The Bertz CT molecular complexity index is 1160. The second-order valence-electron chi connectivity index (χ2n) is 7.43. The van der Waals surface area contributed by atoms with Crippen LogP contribution in [-0.2, 0) is 29.4 Å². The van der Waals surface area contributed by atoms with E-state index >= 15 is 0 Å². The lowest BCUT2D eigenvalue weighted by Gasteiger charge is -2.29. The molecule has 3 aromatic rings. The highest BCUT2D eigenvalue weighted by molar-refractivity contribution is 7.92. The summed E-state index contributed by atoms with van der Waals surface area (Å²) in [6.45, 7) is 3.14. The Hall–Kier alpha value is -3.12. The summed E-state index contributed by atoms with van der Waals surface area (Å²) in [7, 11) is -3.67. The van der Waals surface area contributed by atoms with Crippen molar-refractivity contribution < 1.29 is 13.2 Å². The Labute approximate surface area is 177 Å². The van der Waals surface area contributed by atoms with Gasteiger partial charge in [-0.15, -0.1) is 0 Å². The highest BCUT2D eigenvalue weighted by Crippen LogP contribution is 2.25. The van der Waals surface area contributed by atoms with E-state index in [0.29, 0.717) is 24.3 Å². The summed E-state index contributed by atoms with van der Waals surface area (Å²) in [6, 6.07) is 21.7. The van der Waals surface area contributed by atoms with Crippen molar-refractivity contribution in [1.82, 2.24) is 4.90 Å². The molecule has 0 unspecified atom stereocenters. The van der Waals surface area contributed by atoms with Gasteiger partial charge in [0.25, 0.3) is 15.9 Å². The van der Waals surface area contributed by atoms with Gasteiger partial charge in [-0.2, -0.15) is 0 Å². The van der Waals surface area contributed by atoms with Gasteiger partial charge in [0.2, 0.25) is 0 Å². The molecule has 0 atom stereocenters. The Morgan fingerprint density at radius 1 is 0.967 bits per heavy atom. The van der Waals surface area contributed by atoms with E-state index in [9.17, 15) is 13.2 Å². The number of benzene rings is 3. The van der Waals surface area contributed by atoms with E-state index in [2.05, 4.69) is 4.72 Å². The van der Waals surface area contributed by atoms with Crippen LogP contribution in [0.3, 0.4) is 0 Å². The quantitative estimate of drug-likeness (QED) is 0.671. The van der Waals surface area contributed by atoms with Crippen molar-refractivity contribution in [1.29, 1.82) is 0 Å². The number of anilines is 1. The first-order valence-electron chi connectivity index (χ1n) is 10.0. The molecular weight excluding hydrogens is 396 g/mol. The zero-order valence-corrected chi connectivity index (χ0v) is 17.7. The Kier molecular flexibility index (Phi) is 5.59. The molecule has 1 heterocycles. The van der Waals surface area contributed by atoms with Gasteiger partial charge in [-0.3, -0.25) is 9.52 Å². The van der Waals surface area contributed by atoms with E-state index in [1.165, 1.54) is 0 Å². The summed E-state index contributed by atoms with van der Waals surface area (Å²) in [5.41, 5.74) is 4.36. The third kappa shape index (κ3) is 4.24. The fourth-order valence-electron chi connectivity index (χ4n) is 3.68. The molecule has 0 fully saturated rings. The highest BCUT2D eigenvalue weighted by atomic mass is 32.2. The van der Waals surface area contributed by atoms with Crippen LogP contribution in [0, 0.1) is 0 Å². The van der Waals surface area contributed by atoms with Gasteiger partial charge >= 0.3 is 0 Å². The largest absolute Gasteiger partial charge is 0.334 e. The van der Waals surface area contributed by atoms with Crippen LogP contribution in [0.2, 0.25) is 0 Å².